The van der Waals surface area contributed by atoms with Crippen molar-refractivity contribution in [3.8, 4) is 0 Å². The van der Waals surface area contributed by atoms with Gasteiger partial charge in [0.25, 0.3) is 0 Å². The highest BCUT2D eigenvalue weighted by Gasteiger charge is 2.32. The van der Waals surface area contributed by atoms with Crippen molar-refractivity contribution in [3.05, 3.63) is 0 Å². The van der Waals surface area contributed by atoms with E-state index in [1.165, 1.54) is 0 Å². The standard InChI is InChI=1S/C16H32P2/c1-13(2)15-7-5-9-17(15)11-12-18-10-6-8-16(18)14(3)4/h13-16H,5-12H2,1-4H3/t15-,16?,17?,18+/m0/s1. The van der Waals surface area contributed by atoms with E-state index in [1.54, 1.807) is 50.3 Å². The predicted molar refractivity (Wildman–Crippen MR) is 89.0 cm³/mol. The summed E-state index contributed by atoms with van der Waals surface area (Å²) in [6.45, 7) is 9.85. The van der Waals surface area contributed by atoms with Crippen LogP contribution in [0.15, 0.2) is 0 Å². The van der Waals surface area contributed by atoms with E-state index in [0.717, 1.165) is 23.2 Å². The van der Waals surface area contributed by atoms with Gasteiger partial charge in [0.05, 0.1) is 0 Å². The van der Waals surface area contributed by atoms with Crippen LogP contribution in [0.1, 0.15) is 53.4 Å². The Kier molecular flexibility index (Phi) is 5.96. The van der Waals surface area contributed by atoms with Gasteiger partial charge in [-0.3, -0.25) is 0 Å². The minimum Gasteiger partial charge on any atom is -0.103 e. The Hall–Kier alpha value is 0.860. The van der Waals surface area contributed by atoms with Crippen LogP contribution >= 0.6 is 15.8 Å². The van der Waals surface area contributed by atoms with Crippen molar-refractivity contribution in [3.63, 3.8) is 0 Å². The first-order valence-electron chi connectivity index (χ1n) is 8.07. The average molecular weight is 286 g/mol. The fourth-order valence-corrected chi connectivity index (χ4v) is 11.8. The maximum atomic E-state index is 2.46. The van der Waals surface area contributed by atoms with Crippen LogP contribution in [0.25, 0.3) is 0 Å². The van der Waals surface area contributed by atoms with Gasteiger partial charge in [0.2, 0.25) is 0 Å². The molecule has 2 fully saturated rings. The van der Waals surface area contributed by atoms with E-state index in [1.807, 2.05) is 0 Å². The predicted octanol–water partition coefficient (Wildman–Crippen LogP) is 5.59. The summed E-state index contributed by atoms with van der Waals surface area (Å²) >= 11 is 0. The molecule has 0 bridgehead atoms. The third kappa shape index (κ3) is 3.70. The summed E-state index contributed by atoms with van der Waals surface area (Å²) in [5.41, 5.74) is 2.24. The molecule has 0 saturated carbocycles. The average Bonchev–Trinajstić information content (AvgIpc) is 2.94. The lowest BCUT2D eigenvalue weighted by molar-refractivity contribution is 0.581. The van der Waals surface area contributed by atoms with Crippen LogP contribution in [-0.4, -0.2) is 36.0 Å². The first-order chi connectivity index (χ1) is 8.59. The molecule has 0 aromatic carbocycles. The second kappa shape index (κ2) is 7.04. The zero-order valence-corrected chi connectivity index (χ0v) is 14.6. The lowest BCUT2D eigenvalue weighted by atomic mass is 10.1. The third-order valence-electron chi connectivity index (χ3n) is 5.04. The van der Waals surface area contributed by atoms with Gasteiger partial charge in [-0.25, -0.2) is 0 Å². The van der Waals surface area contributed by atoms with Crippen LogP contribution in [0.4, 0.5) is 0 Å². The lowest BCUT2D eigenvalue weighted by Crippen LogP contribution is -2.14. The molecule has 2 aliphatic heterocycles. The van der Waals surface area contributed by atoms with Crippen LogP contribution < -0.4 is 0 Å². The van der Waals surface area contributed by atoms with Gasteiger partial charge >= 0.3 is 0 Å². The Balaban J connectivity index is 1.80. The molecule has 0 aromatic rings. The highest BCUT2D eigenvalue weighted by atomic mass is 31.1. The van der Waals surface area contributed by atoms with Crippen molar-refractivity contribution in [1.82, 2.24) is 0 Å². The normalized spacial score (nSPS) is 37.0. The molecule has 0 nitrogen and oxygen atoms in total. The molecule has 18 heavy (non-hydrogen) atoms. The molecule has 2 heterocycles. The van der Waals surface area contributed by atoms with Gasteiger partial charge in [-0.15, -0.1) is 15.8 Å². The van der Waals surface area contributed by atoms with Crippen molar-refractivity contribution >= 4 is 15.8 Å². The number of hydrogen-bond donors (Lipinski definition) is 0. The molecular formula is C16H32P2. The second-order valence-electron chi connectivity index (χ2n) is 6.98. The SMILES string of the molecule is CC(C)C1CCC[P@]1CCP1CCC[C@H]1C(C)C. The molecule has 106 valence electrons. The van der Waals surface area contributed by atoms with E-state index in [9.17, 15) is 0 Å². The smallest absolute Gasteiger partial charge is 0.0186 e. The van der Waals surface area contributed by atoms with Gasteiger partial charge in [0, 0.05) is 0 Å². The van der Waals surface area contributed by atoms with Gasteiger partial charge in [-0.1, -0.05) is 27.7 Å². The van der Waals surface area contributed by atoms with Gasteiger partial charge in [0.1, 0.15) is 0 Å². The Labute approximate surface area is 117 Å². The van der Waals surface area contributed by atoms with Crippen LogP contribution in [0.2, 0.25) is 0 Å². The van der Waals surface area contributed by atoms with Crippen molar-refractivity contribution in [2.75, 3.05) is 24.6 Å². The highest BCUT2D eigenvalue weighted by molar-refractivity contribution is 7.62. The van der Waals surface area contributed by atoms with E-state index in [2.05, 4.69) is 27.7 Å². The van der Waals surface area contributed by atoms with E-state index in [-0.39, 0.29) is 0 Å². The van der Waals surface area contributed by atoms with Crippen LogP contribution in [0, 0.1) is 11.8 Å². The summed E-state index contributed by atoms with van der Waals surface area (Å²) in [7, 11) is 0.827. The maximum Gasteiger partial charge on any atom is -0.0186 e. The van der Waals surface area contributed by atoms with Crippen molar-refractivity contribution in [2.24, 2.45) is 11.8 Å². The molecule has 2 saturated heterocycles. The molecule has 2 heteroatoms. The minimum atomic E-state index is 0.414. The molecule has 0 amide bonds. The molecule has 4 atom stereocenters. The van der Waals surface area contributed by atoms with Gasteiger partial charge in [-0.2, -0.15) is 0 Å². The highest BCUT2D eigenvalue weighted by Crippen LogP contribution is 2.58. The third-order valence-corrected chi connectivity index (χ3v) is 12.4. The summed E-state index contributed by atoms with van der Waals surface area (Å²) < 4.78 is 0. The fourth-order valence-electron chi connectivity index (χ4n) is 4.03. The first kappa shape index (κ1) is 15.3. The van der Waals surface area contributed by atoms with Crippen molar-refractivity contribution in [1.29, 1.82) is 0 Å². The summed E-state index contributed by atoms with van der Waals surface area (Å²) in [5, 5.41) is 0. The summed E-state index contributed by atoms with van der Waals surface area (Å²) in [5.74, 6) is 1.91. The Bertz CT molecular complexity index is 223. The van der Waals surface area contributed by atoms with E-state index in [0.29, 0.717) is 15.8 Å². The van der Waals surface area contributed by atoms with E-state index < -0.39 is 0 Å². The molecule has 0 spiro atoms. The van der Waals surface area contributed by atoms with Gasteiger partial charge < -0.3 is 0 Å². The Morgan fingerprint density at radius 2 is 1.17 bits per heavy atom. The summed E-state index contributed by atoms with van der Waals surface area (Å²) in [6.07, 6.45) is 12.7. The van der Waals surface area contributed by atoms with Crippen LogP contribution in [-0.2, 0) is 0 Å². The summed E-state index contributed by atoms with van der Waals surface area (Å²) in [4.78, 5) is 0. The maximum absolute atomic E-state index is 2.46. The van der Waals surface area contributed by atoms with Crippen molar-refractivity contribution < 1.29 is 0 Å². The molecule has 2 unspecified atom stereocenters. The lowest BCUT2D eigenvalue weighted by Gasteiger charge is -2.28. The molecule has 2 aliphatic rings. The van der Waals surface area contributed by atoms with E-state index >= 15 is 0 Å². The van der Waals surface area contributed by atoms with E-state index in [4.69, 9.17) is 0 Å². The summed E-state index contributed by atoms with van der Waals surface area (Å²) in [6, 6.07) is 0. The number of hydrogen-bond acceptors (Lipinski definition) is 0. The Morgan fingerprint density at radius 1 is 0.778 bits per heavy atom. The molecule has 0 aliphatic carbocycles. The number of rotatable bonds is 5. The topological polar surface area (TPSA) is 0 Å². The minimum absolute atomic E-state index is 0.414. The molecule has 2 rings (SSSR count). The van der Waals surface area contributed by atoms with Crippen LogP contribution in [0.3, 0.4) is 0 Å². The molecular weight excluding hydrogens is 254 g/mol. The first-order valence-corrected chi connectivity index (χ1v) is 11.6. The monoisotopic (exact) mass is 286 g/mol. The largest absolute Gasteiger partial charge is 0.103 e. The Morgan fingerprint density at radius 3 is 1.50 bits per heavy atom. The molecule has 0 radical (unpaired) electrons. The molecule has 0 N–H and O–H groups in total. The molecule has 0 aromatic heterocycles. The quantitative estimate of drug-likeness (QED) is 0.578. The second-order valence-corrected chi connectivity index (χ2v) is 12.4. The van der Waals surface area contributed by atoms with Gasteiger partial charge in [-0.05, 0) is 73.5 Å². The zero-order valence-electron chi connectivity index (χ0n) is 12.9. The van der Waals surface area contributed by atoms with Crippen LogP contribution in [0.5, 0.6) is 0 Å². The van der Waals surface area contributed by atoms with Crippen molar-refractivity contribution in [2.45, 2.75) is 64.7 Å². The fraction of sp³-hybridized carbons (Fsp3) is 1.00. The zero-order chi connectivity index (χ0) is 13.1. The van der Waals surface area contributed by atoms with Gasteiger partial charge in [0.15, 0.2) is 0 Å².